The Morgan fingerprint density at radius 1 is 1.00 bits per heavy atom. The van der Waals surface area contributed by atoms with Crippen LogP contribution in [0.2, 0.25) is 0 Å². The smallest absolute Gasteiger partial charge is 0.239 e. The van der Waals surface area contributed by atoms with Crippen molar-refractivity contribution in [2.24, 2.45) is 4.99 Å². The molecule has 0 aromatic heterocycles. The highest BCUT2D eigenvalue weighted by Gasteiger charge is 2.05. The van der Waals surface area contributed by atoms with Gasteiger partial charge in [-0.05, 0) is 18.1 Å². The van der Waals surface area contributed by atoms with Crippen LogP contribution in [0.5, 0.6) is 5.75 Å². The maximum absolute atomic E-state index is 12.0. The van der Waals surface area contributed by atoms with Crippen molar-refractivity contribution in [1.82, 2.24) is 16.0 Å². The van der Waals surface area contributed by atoms with Gasteiger partial charge in [0, 0.05) is 25.7 Å². The molecule has 2 rings (SSSR count). The zero-order valence-corrected chi connectivity index (χ0v) is 15.3. The number of rotatable bonds is 8. The van der Waals surface area contributed by atoms with E-state index < -0.39 is 0 Å². The predicted molar refractivity (Wildman–Crippen MR) is 104 cm³/mol. The minimum Gasteiger partial charge on any atom is -0.496 e. The molecule has 0 aliphatic rings. The molecule has 3 N–H and O–H groups in total. The number of methoxy groups -OCH3 is 1. The van der Waals surface area contributed by atoms with Gasteiger partial charge in [0.05, 0.1) is 13.7 Å². The molecule has 0 aliphatic heterocycles. The summed E-state index contributed by atoms with van der Waals surface area (Å²) in [4.78, 5) is 16.1. The monoisotopic (exact) mass is 354 g/mol. The highest BCUT2D eigenvalue weighted by Crippen LogP contribution is 2.16. The van der Waals surface area contributed by atoms with Crippen molar-refractivity contribution in [3.63, 3.8) is 0 Å². The first-order valence-corrected chi connectivity index (χ1v) is 8.60. The van der Waals surface area contributed by atoms with Gasteiger partial charge >= 0.3 is 0 Å². The number of hydrogen-bond donors (Lipinski definition) is 3. The molecule has 138 valence electrons. The Bertz CT molecular complexity index is 717. The summed E-state index contributed by atoms with van der Waals surface area (Å²) in [5.74, 6) is 1.31. The number of hydrogen-bond acceptors (Lipinski definition) is 3. The van der Waals surface area contributed by atoms with Crippen molar-refractivity contribution < 1.29 is 9.53 Å². The minimum absolute atomic E-state index is 0.0684. The molecular formula is C20H26N4O2. The van der Waals surface area contributed by atoms with Gasteiger partial charge in [-0.2, -0.15) is 0 Å². The summed E-state index contributed by atoms with van der Waals surface area (Å²) in [7, 11) is 3.32. The molecule has 0 saturated carbocycles. The van der Waals surface area contributed by atoms with Gasteiger partial charge in [0.2, 0.25) is 5.91 Å². The lowest BCUT2D eigenvalue weighted by Gasteiger charge is -2.13. The molecule has 0 unspecified atom stereocenters. The van der Waals surface area contributed by atoms with Crippen molar-refractivity contribution >= 4 is 11.9 Å². The fourth-order valence-corrected chi connectivity index (χ4v) is 2.47. The lowest BCUT2D eigenvalue weighted by Crippen LogP contribution is -2.43. The third kappa shape index (κ3) is 6.47. The van der Waals surface area contributed by atoms with Crippen LogP contribution in [0.3, 0.4) is 0 Å². The first kappa shape index (κ1) is 19.3. The van der Waals surface area contributed by atoms with Crippen molar-refractivity contribution in [3.8, 4) is 5.75 Å². The Kier molecular flexibility index (Phi) is 7.99. The number of nitrogens with one attached hydrogen (secondary N) is 3. The summed E-state index contributed by atoms with van der Waals surface area (Å²) in [6, 6.07) is 17.8. The standard InChI is InChI=1S/C20H26N4O2/c1-21-20(23-14-17-10-6-7-11-18(17)26-2)24-15-19(25)22-13-12-16-8-4-3-5-9-16/h3-11H,12-15H2,1-2H3,(H,22,25)(H2,21,23,24). The van der Waals surface area contributed by atoms with Crippen LogP contribution in [0, 0.1) is 0 Å². The van der Waals surface area contributed by atoms with E-state index in [0.717, 1.165) is 17.7 Å². The van der Waals surface area contributed by atoms with Gasteiger partial charge in [0.25, 0.3) is 0 Å². The number of carbonyl (C=O) groups excluding carboxylic acids is 1. The third-order valence-corrected chi connectivity index (χ3v) is 3.86. The van der Waals surface area contributed by atoms with Crippen LogP contribution in [0.1, 0.15) is 11.1 Å². The van der Waals surface area contributed by atoms with E-state index >= 15 is 0 Å². The fraction of sp³-hybridized carbons (Fsp3) is 0.300. The largest absolute Gasteiger partial charge is 0.496 e. The Morgan fingerprint density at radius 3 is 2.46 bits per heavy atom. The summed E-state index contributed by atoms with van der Waals surface area (Å²) >= 11 is 0. The summed E-state index contributed by atoms with van der Waals surface area (Å²) in [6.45, 7) is 1.33. The SMILES string of the molecule is CN=C(NCC(=O)NCCc1ccccc1)NCc1ccccc1OC. The Hall–Kier alpha value is -3.02. The van der Waals surface area contributed by atoms with Gasteiger partial charge in [-0.15, -0.1) is 0 Å². The molecule has 0 bridgehead atoms. The highest BCUT2D eigenvalue weighted by molar-refractivity contribution is 5.86. The van der Waals surface area contributed by atoms with Gasteiger partial charge < -0.3 is 20.7 Å². The van der Waals surface area contributed by atoms with Crippen LogP contribution in [0.15, 0.2) is 59.6 Å². The molecule has 6 nitrogen and oxygen atoms in total. The van der Waals surface area contributed by atoms with Crippen LogP contribution in [-0.4, -0.2) is 39.1 Å². The second kappa shape index (κ2) is 10.8. The van der Waals surface area contributed by atoms with Crippen LogP contribution in [0.25, 0.3) is 0 Å². The molecular weight excluding hydrogens is 328 g/mol. The minimum atomic E-state index is -0.0684. The molecule has 26 heavy (non-hydrogen) atoms. The summed E-state index contributed by atoms with van der Waals surface area (Å²) in [5, 5.41) is 9.09. The number of aliphatic imine (C=N–C) groups is 1. The van der Waals surface area contributed by atoms with Gasteiger partial charge in [0.15, 0.2) is 5.96 Å². The molecule has 2 aromatic rings. The maximum atomic E-state index is 12.0. The number of amides is 1. The Balaban J connectivity index is 1.70. The van der Waals surface area contributed by atoms with Crippen molar-refractivity contribution in [1.29, 1.82) is 0 Å². The van der Waals surface area contributed by atoms with Gasteiger partial charge in [-0.1, -0.05) is 48.5 Å². The molecule has 6 heteroatoms. The number of nitrogens with zero attached hydrogens (tertiary/aromatic N) is 1. The molecule has 2 aromatic carbocycles. The molecule has 0 fully saturated rings. The first-order chi connectivity index (χ1) is 12.7. The number of carbonyl (C=O) groups is 1. The predicted octanol–water partition coefficient (Wildman–Crippen LogP) is 1.72. The van der Waals surface area contributed by atoms with E-state index in [2.05, 4.69) is 20.9 Å². The maximum Gasteiger partial charge on any atom is 0.239 e. The number of ether oxygens (including phenoxy) is 1. The summed E-state index contributed by atoms with van der Waals surface area (Å²) < 4.78 is 5.33. The quantitative estimate of drug-likeness (QED) is 0.498. The van der Waals surface area contributed by atoms with Crippen LogP contribution in [0.4, 0.5) is 0 Å². The number of guanidine groups is 1. The van der Waals surface area contributed by atoms with E-state index in [1.165, 1.54) is 5.56 Å². The molecule has 0 radical (unpaired) electrons. The van der Waals surface area contributed by atoms with Crippen LogP contribution < -0.4 is 20.7 Å². The van der Waals surface area contributed by atoms with Crippen molar-refractivity contribution in [3.05, 3.63) is 65.7 Å². The van der Waals surface area contributed by atoms with E-state index in [4.69, 9.17) is 4.74 Å². The van der Waals surface area contributed by atoms with E-state index in [9.17, 15) is 4.79 Å². The van der Waals surface area contributed by atoms with E-state index in [1.54, 1.807) is 14.2 Å². The second-order valence-electron chi connectivity index (χ2n) is 5.68. The third-order valence-electron chi connectivity index (χ3n) is 3.86. The first-order valence-electron chi connectivity index (χ1n) is 8.60. The summed E-state index contributed by atoms with van der Waals surface area (Å²) in [6.07, 6.45) is 0.813. The lowest BCUT2D eigenvalue weighted by molar-refractivity contribution is -0.119. The molecule has 0 atom stereocenters. The second-order valence-corrected chi connectivity index (χ2v) is 5.68. The van der Waals surface area contributed by atoms with E-state index in [-0.39, 0.29) is 12.5 Å². The average Bonchev–Trinajstić information content (AvgIpc) is 2.69. The molecule has 0 heterocycles. The van der Waals surface area contributed by atoms with Gasteiger partial charge in [0.1, 0.15) is 5.75 Å². The van der Waals surface area contributed by atoms with E-state index in [1.807, 2.05) is 54.6 Å². The molecule has 0 spiro atoms. The van der Waals surface area contributed by atoms with Gasteiger partial charge in [-0.3, -0.25) is 9.79 Å². The fourth-order valence-electron chi connectivity index (χ4n) is 2.47. The highest BCUT2D eigenvalue weighted by atomic mass is 16.5. The number of para-hydroxylation sites is 1. The molecule has 0 aliphatic carbocycles. The zero-order chi connectivity index (χ0) is 18.6. The van der Waals surface area contributed by atoms with Crippen molar-refractivity contribution in [2.45, 2.75) is 13.0 Å². The Morgan fingerprint density at radius 2 is 1.73 bits per heavy atom. The van der Waals surface area contributed by atoms with Crippen LogP contribution >= 0.6 is 0 Å². The van der Waals surface area contributed by atoms with Crippen molar-refractivity contribution in [2.75, 3.05) is 27.2 Å². The molecule has 1 amide bonds. The van der Waals surface area contributed by atoms with Gasteiger partial charge in [-0.25, -0.2) is 0 Å². The van der Waals surface area contributed by atoms with E-state index in [0.29, 0.717) is 19.0 Å². The number of benzene rings is 2. The average molecular weight is 354 g/mol. The molecule has 0 saturated heterocycles. The Labute approximate surface area is 154 Å². The normalized spacial score (nSPS) is 10.9. The summed E-state index contributed by atoms with van der Waals surface area (Å²) in [5.41, 5.74) is 2.22. The lowest BCUT2D eigenvalue weighted by atomic mass is 10.1. The zero-order valence-electron chi connectivity index (χ0n) is 15.3. The topological polar surface area (TPSA) is 74.8 Å². The van der Waals surface area contributed by atoms with Crippen LogP contribution in [-0.2, 0) is 17.8 Å².